The fraction of sp³-hybridized carbons (Fsp3) is 0.769. The molecule has 1 saturated carbocycles. The van der Waals surface area contributed by atoms with Crippen molar-refractivity contribution in [3.8, 4) is 0 Å². The predicted octanol–water partition coefficient (Wildman–Crippen LogP) is 2.68. The highest BCUT2D eigenvalue weighted by atomic mass is 32.2. The number of aromatic nitrogens is 1. The van der Waals surface area contributed by atoms with Crippen molar-refractivity contribution in [2.75, 3.05) is 23.4 Å². The van der Waals surface area contributed by atoms with E-state index in [4.69, 9.17) is 5.73 Å². The van der Waals surface area contributed by atoms with Crippen LogP contribution in [0.25, 0.3) is 0 Å². The van der Waals surface area contributed by atoms with Crippen LogP contribution in [-0.4, -0.2) is 31.6 Å². The van der Waals surface area contributed by atoms with E-state index in [1.165, 1.54) is 30.8 Å². The molecule has 0 spiro atoms. The molecule has 0 aliphatic heterocycles. The van der Waals surface area contributed by atoms with Gasteiger partial charge in [0.25, 0.3) is 0 Å². The molecule has 2 rings (SSSR count). The molecule has 0 bridgehead atoms. The second-order valence-electron chi connectivity index (χ2n) is 5.42. The molecule has 0 unspecified atom stereocenters. The standard InChI is InChI=1S/C13H23N3O2S2/c1-3-9-20(17,18)11-12(14)15-19-13(11)16(2)10-7-5-4-6-8-10/h10H,3-9H2,1-2H3,(H2,14,15). The quantitative estimate of drug-likeness (QED) is 0.903. The van der Waals surface area contributed by atoms with E-state index in [1.807, 2.05) is 14.0 Å². The van der Waals surface area contributed by atoms with Gasteiger partial charge in [0.15, 0.2) is 15.7 Å². The Balaban J connectivity index is 2.33. The minimum atomic E-state index is -3.33. The Labute approximate surface area is 125 Å². The van der Waals surface area contributed by atoms with Gasteiger partial charge in [-0.05, 0) is 30.8 Å². The second-order valence-corrected chi connectivity index (χ2v) is 8.22. The van der Waals surface area contributed by atoms with Gasteiger partial charge in [-0.2, -0.15) is 4.37 Å². The molecule has 0 aromatic carbocycles. The smallest absolute Gasteiger partial charge is 0.185 e. The zero-order valence-corrected chi connectivity index (χ0v) is 13.8. The lowest BCUT2D eigenvalue weighted by Crippen LogP contribution is -2.33. The van der Waals surface area contributed by atoms with Gasteiger partial charge in [-0.25, -0.2) is 8.42 Å². The largest absolute Gasteiger partial charge is 0.382 e. The molecule has 5 nitrogen and oxygen atoms in total. The maximum absolute atomic E-state index is 12.4. The number of nitrogens with two attached hydrogens (primary N) is 1. The molecule has 1 aliphatic carbocycles. The summed E-state index contributed by atoms with van der Waals surface area (Å²) in [7, 11) is -1.36. The van der Waals surface area contributed by atoms with Crippen LogP contribution < -0.4 is 10.6 Å². The normalized spacial score (nSPS) is 17.3. The first-order chi connectivity index (χ1) is 9.47. The molecule has 1 heterocycles. The third-order valence-electron chi connectivity index (χ3n) is 3.88. The Morgan fingerprint density at radius 2 is 2.00 bits per heavy atom. The lowest BCUT2D eigenvalue weighted by molar-refractivity contribution is 0.428. The van der Waals surface area contributed by atoms with Crippen molar-refractivity contribution in [2.45, 2.75) is 56.4 Å². The molecule has 0 atom stereocenters. The van der Waals surface area contributed by atoms with Gasteiger partial charge in [0.2, 0.25) is 0 Å². The monoisotopic (exact) mass is 317 g/mol. The molecular formula is C13H23N3O2S2. The van der Waals surface area contributed by atoms with Crippen molar-refractivity contribution in [3.05, 3.63) is 0 Å². The first-order valence-corrected chi connectivity index (χ1v) is 9.60. The fourth-order valence-electron chi connectivity index (χ4n) is 2.81. The average Bonchev–Trinajstić information content (AvgIpc) is 2.81. The highest BCUT2D eigenvalue weighted by Crippen LogP contribution is 2.38. The first-order valence-electron chi connectivity index (χ1n) is 7.18. The van der Waals surface area contributed by atoms with Crippen molar-refractivity contribution in [2.24, 2.45) is 0 Å². The molecular weight excluding hydrogens is 294 g/mol. The molecule has 2 N–H and O–H groups in total. The fourth-order valence-corrected chi connectivity index (χ4v) is 5.61. The van der Waals surface area contributed by atoms with E-state index in [0.29, 0.717) is 17.5 Å². The summed E-state index contributed by atoms with van der Waals surface area (Å²) < 4.78 is 28.8. The summed E-state index contributed by atoms with van der Waals surface area (Å²) in [6.45, 7) is 1.86. The Bertz CT molecular complexity index is 548. The molecule has 0 saturated heterocycles. The van der Waals surface area contributed by atoms with Gasteiger partial charge < -0.3 is 10.6 Å². The van der Waals surface area contributed by atoms with Crippen molar-refractivity contribution in [1.82, 2.24) is 4.37 Å². The van der Waals surface area contributed by atoms with Crippen molar-refractivity contribution in [3.63, 3.8) is 0 Å². The third-order valence-corrected chi connectivity index (χ3v) is 6.94. The molecule has 1 aromatic heterocycles. The average molecular weight is 317 g/mol. The number of nitrogens with zero attached hydrogens (tertiary/aromatic N) is 2. The van der Waals surface area contributed by atoms with E-state index in [9.17, 15) is 8.42 Å². The lowest BCUT2D eigenvalue weighted by Gasteiger charge is -2.32. The van der Waals surface area contributed by atoms with E-state index < -0.39 is 9.84 Å². The van der Waals surface area contributed by atoms with Gasteiger partial charge in [-0.15, -0.1) is 0 Å². The molecule has 20 heavy (non-hydrogen) atoms. The zero-order chi connectivity index (χ0) is 14.8. The summed E-state index contributed by atoms with van der Waals surface area (Å²) in [5.41, 5.74) is 5.82. The summed E-state index contributed by atoms with van der Waals surface area (Å²) in [6.07, 6.45) is 6.50. The summed E-state index contributed by atoms with van der Waals surface area (Å²) in [5, 5.41) is 0.711. The van der Waals surface area contributed by atoms with Gasteiger partial charge in [-0.1, -0.05) is 26.2 Å². The Hall–Kier alpha value is -0.820. The van der Waals surface area contributed by atoms with Crippen molar-refractivity contribution >= 4 is 32.2 Å². The van der Waals surface area contributed by atoms with E-state index in [0.717, 1.165) is 12.8 Å². The summed E-state index contributed by atoms with van der Waals surface area (Å²) in [4.78, 5) is 2.33. The Morgan fingerprint density at radius 3 is 2.60 bits per heavy atom. The highest BCUT2D eigenvalue weighted by molar-refractivity contribution is 7.91. The SMILES string of the molecule is CCCS(=O)(=O)c1c(N)nsc1N(C)C1CCCCC1. The number of anilines is 2. The van der Waals surface area contributed by atoms with Crippen LogP contribution in [0.15, 0.2) is 4.90 Å². The molecule has 0 radical (unpaired) electrons. The van der Waals surface area contributed by atoms with Crippen molar-refractivity contribution in [1.29, 1.82) is 0 Å². The molecule has 1 aromatic rings. The van der Waals surface area contributed by atoms with E-state index in [1.54, 1.807) is 0 Å². The molecule has 1 fully saturated rings. The zero-order valence-electron chi connectivity index (χ0n) is 12.1. The van der Waals surface area contributed by atoms with Crippen LogP contribution >= 0.6 is 11.5 Å². The molecule has 7 heteroatoms. The summed E-state index contributed by atoms with van der Waals surface area (Å²) in [6, 6.07) is 0.402. The predicted molar refractivity (Wildman–Crippen MR) is 84.1 cm³/mol. The van der Waals surface area contributed by atoms with Crippen LogP contribution in [-0.2, 0) is 9.84 Å². The maximum Gasteiger partial charge on any atom is 0.185 e. The van der Waals surface area contributed by atoms with E-state index in [-0.39, 0.29) is 16.5 Å². The first kappa shape index (κ1) is 15.6. The van der Waals surface area contributed by atoms with Crippen LogP contribution in [0.1, 0.15) is 45.4 Å². The number of rotatable bonds is 5. The van der Waals surface area contributed by atoms with Crippen molar-refractivity contribution < 1.29 is 8.42 Å². The number of nitrogen functional groups attached to an aromatic ring is 1. The Morgan fingerprint density at radius 1 is 1.35 bits per heavy atom. The van der Waals surface area contributed by atoms with Crippen LogP contribution in [0.3, 0.4) is 0 Å². The van der Waals surface area contributed by atoms with Crippen LogP contribution in [0.2, 0.25) is 0 Å². The Kier molecular flexibility index (Phi) is 4.90. The lowest BCUT2D eigenvalue weighted by atomic mass is 9.95. The maximum atomic E-state index is 12.4. The number of hydrogen-bond donors (Lipinski definition) is 1. The highest BCUT2D eigenvalue weighted by Gasteiger charge is 2.29. The second kappa shape index (κ2) is 6.30. The van der Waals surface area contributed by atoms with E-state index >= 15 is 0 Å². The van der Waals surface area contributed by atoms with Gasteiger partial charge in [0.1, 0.15) is 9.90 Å². The molecule has 114 valence electrons. The summed E-state index contributed by atoms with van der Waals surface area (Å²) >= 11 is 1.20. The number of hydrogen-bond acceptors (Lipinski definition) is 6. The summed E-state index contributed by atoms with van der Waals surface area (Å²) in [5.74, 6) is 0.280. The molecule has 0 amide bonds. The molecule has 1 aliphatic rings. The van der Waals surface area contributed by atoms with Gasteiger partial charge in [-0.3, -0.25) is 0 Å². The van der Waals surface area contributed by atoms with Gasteiger partial charge in [0, 0.05) is 13.1 Å². The van der Waals surface area contributed by atoms with Gasteiger partial charge in [0.05, 0.1) is 5.75 Å². The minimum absolute atomic E-state index is 0.126. The van der Waals surface area contributed by atoms with Crippen LogP contribution in [0, 0.1) is 0 Å². The van der Waals surface area contributed by atoms with E-state index in [2.05, 4.69) is 9.27 Å². The van der Waals surface area contributed by atoms with Crippen LogP contribution in [0.4, 0.5) is 10.8 Å². The minimum Gasteiger partial charge on any atom is -0.382 e. The van der Waals surface area contributed by atoms with Crippen LogP contribution in [0.5, 0.6) is 0 Å². The topological polar surface area (TPSA) is 76.3 Å². The van der Waals surface area contributed by atoms with Gasteiger partial charge >= 0.3 is 0 Å². The third kappa shape index (κ3) is 3.09. The number of sulfone groups is 1.